The van der Waals surface area contributed by atoms with Crippen molar-refractivity contribution in [2.75, 3.05) is 5.32 Å². The highest BCUT2D eigenvalue weighted by molar-refractivity contribution is 5.57. The molecule has 0 aromatic heterocycles. The lowest BCUT2D eigenvalue weighted by Gasteiger charge is -2.38. The second-order valence-corrected chi connectivity index (χ2v) is 7.24. The van der Waals surface area contributed by atoms with Crippen LogP contribution in [0.25, 0.3) is 0 Å². The molecule has 0 bridgehead atoms. The Labute approximate surface area is 130 Å². The van der Waals surface area contributed by atoms with Crippen LogP contribution >= 0.6 is 0 Å². The first-order valence-electron chi connectivity index (χ1n) is 8.49. The second-order valence-electron chi connectivity index (χ2n) is 7.24. The molecule has 3 unspecified atom stereocenters. The first kappa shape index (κ1) is 16.2. The van der Waals surface area contributed by atoms with E-state index in [-0.39, 0.29) is 6.10 Å². The molecule has 0 saturated heterocycles. The molecule has 21 heavy (non-hydrogen) atoms. The van der Waals surface area contributed by atoms with Crippen LogP contribution in [0.4, 0.5) is 5.69 Å². The highest BCUT2D eigenvalue weighted by Crippen LogP contribution is 2.37. The fourth-order valence-electron chi connectivity index (χ4n) is 3.51. The van der Waals surface area contributed by atoms with Gasteiger partial charge in [0.05, 0.1) is 11.8 Å². The number of nitrogens with one attached hydrogen (secondary N) is 1. The minimum atomic E-state index is 0.208. The quantitative estimate of drug-likeness (QED) is 0.789. The molecule has 0 heterocycles. The predicted octanol–water partition coefficient (Wildman–Crippen LogP) is 5.35. The van der Waals surface area contributed by atoms with Crippen molar-refractivity contribution in [1.82, 2.24) is 0 Å². The van der Waals surface area contributed by atoms with Crippen LogP contribution in [0, 0.1) is 17.8 Å². The number of rotatable bonds is 5. The summed E-state index contributed by atoms with van der Waals surface area (Å²) in [4.78, 5) is 0. The van der Waals surface area contributed by atoms with Crippen LogP contribution in [0.5, 0.6) is 5.75 Å². The van der Waals surface area contributed by atoms with Crippen LogP contribution in [0.3, 0.4) is 0 Å². The highest BCUT2D eigenvalue weighted by Gasteiger charge is 2.31. The summed E-state index contributed by atoms with van der Waals surface area (Å²) in [6.45, 7) is 11.2. The monoisotopic (exact) mass is 289 g/mol. The molecule has 118 valence electrons. The van der Waals surface area contributed by atoms with E-state index in [9.17, 15) is 0 Å². The SMILES string of the molecule is CC1CCC(C(C)C)C(Nc2ccccc2OC(C)C)C1. The molecule has 2 heteroatoms. The number of hydrogen-bond donors (Lipinski definition) is 1. The average Bonchev–Trinajstić information content (AvgIpc) is 2.40. The maximum atomic E-state index is 5.95. The van der Waals surface area contributed by atoms with Gasteiger partial charge in [0.25, 0.3) is 0 Å². The summed E-state index contributed by atoms with van der Waals surface area (Å²) in [5, 5.41) is 3.79. The van der Waals surface area contributed by atoms with Gasteiger partial charge in [-0.05, 0) is 56.6 Å². The first-order valence-corrected chi connectivity index (χ1v) is 8.49. The molecule has 1 fully saturated rings. The Morgan fingerprint density at radius 1 is 1.10 bits per heavy atom. The van der Waals surface area contributed by atoms with Gasteiger partial charge in [-0.2, -0.15) is 0 Å². The van der Waals surface area contributed by atoms with E-state index in [4.69, 9.17) is 4.74 Å². The predicted molar refractivity (Wildman–Crippen MR) is 91.0 cm³/mol. The number of anilines is 1. The Hall–Kier alpha value is -1.18. The summed E-state index contributed by atoms with van der Waals surface area (Å²) in [5.41, 5.74) is 1.15. The normalized spacial score (nSPS) is 26.1. The number of ether oxygens (including phenoxy) is 1. The van der Waals surface area contributed by atoms with Gasteiger partial charge in [0, 0.05) is 6.04 Å². The van der Waals surface area contributed by atoms with Crippen molar-refractivity contribution in [3.05, 3.63) is 24.3 Å². The summed E-state index contributed by atoms with van der Waals surface area (Å²) < 4.78 is 5.95. The van der Waals surface area contributed by atoms with Crippen molar-refractivity contribution in [2.24, 2.45) is 17.8 Å². The van der Waals surface area contributed by atoms with Gasteiger partial charge < -0.3 is 10.1 Å². The van der Waals surface area contributed by atoms with E-state index in [1.807, 2.05) is 6.07 Å². The molecule has 1 aliphatic rings. The van der Waals surface area contributed by atoms with Gasteiger partial charge in [0.15, 0.2) is 0 Å². The van der Waals surface area contributed by atoms with Crippen molar-refractivity contribution in [3.63, 3.8) is 0 Å². The van der Waals surface area contributed by atoms with Crippen LogP contribution < -0.4 is 10.1 Å². The van der Waals surface area contributed by atoms with Crippen LogP contribution in [0.15, 0.2) is 24.3 Å². The smallest absolute Gasteiger partial charge is 0.142 e. The zero-order valence-corrected chi connectivity index (χ0v) is 14.2. The minimum Gasteiger partial charge on any atom is -0.489 e. The van der Waals surface area contributed by atoms with Gasteiger partial charge in [-0.25, -0.2) is 0 Å². The fraction of sp³-hybridized carbons (Fsp3) is 0.684. The zero-order chi connectivity index (χ0) is 15.4. The van der Waals surface area contributed by atoms with E-state index in [0.29, 0.717) is 6.04 Å². The van der Waals surface area contributed by atoms with Gasteiger partial charge >= 0.3 is 0 Å². The molecule has 0 spiro atoms. The molecule has 0 radical (unpaired) electrons. The van der Waals surface area contributed by atoms with E-state index in [0.717, 1.165) is 29.2 Å². The number of benzene rings is 1. The zero-order valence-electron chi connectivity index (χ0n) is 14.2. The fourth-order valence-corrected chi connectivity index (χ4v) is 3.51. The number of para-hydroxylation sites is 2. The van der Waals surface area contributed by atoms with Crippen LogP contribution in [-0.2, 0) is 0 Å². The van der Waals surface area contributed by atoms with Crippen molar-refractivity contribution >= 4 is 5.69 Å². The first-order chi connectivity index (χ1) is 9.97. The van der Waals surface area contributed by atoms with E-state index >= 15 is 0 Å². The molecular formula is C19H31NO. The summed E-state index contributed by atoms with van der Waals surface area (Å²) in [6, 6.07) is 8.91. The topological polar surface area (TPSA) is 21.3 Å². The minimum absolute atomic E-state index is 0.208. The van der Waals surface area contributed by atoms with E-state index in [1.165, 1.54) is 19.3 Å². The van der Waals surface area contributed by atoms with Crippen molar-refractivity contribution < 1.29 is 4.74 Å². The molecular weight excluding hydrogens is 258 g/mol. The lowest BCUT2D eigenvalue weighted by atomic mass is 9.74. The standard InChI is InChI=1S/C19H31NO/c1-13(2)16-11-10-15(5)12-18(16)20-17-8-6-7-9-19(17)21-14(3)4/h6-9,13-16,18,20H,10-12H2,1-5H3. The molecule has 0 aliphatic heterocycles. The van der Waals surface area contributed by atoms with Gasteiger partial charge in [0.2, 0.25) is 0 Å². The number of hydrogen-bond acceptors (Lipinski definition) is 2. The third kappa shape index (κ3) is 4.39. The Morgan fingerprint density at radius 3 is 2.48 bits per heavy atom. The van der Waals surface area contributed by atoms with Crippen LogP contribution in [-0.4, -0.2) is 12.1 Å². The van der Waals surface area contributed by atoms with Gasteiger partial charge in [-0.3, -0.25) is 0 Å². The summed E-state index contributed by atoms with van der Waals surface area (Å²) in [7, 11) is 0. The molecule has 2 nitrogen and oxygen atoms in total. The maximum absolute atomic E-state index is 5.95. The van der Waals surface area contributed by atoms with Crippen molar-refractivity contribution in [2.45, 2.75) is 66.0 Å². The molecule has 1 N–H and O–H groups in total. The third-order valence-corrected chi connectivity index (χ3v) is 4.61. The van der Waals surface area contributed by atoms with Crippen molar-refractivity contribution in [1.29, 1.82) is 0 Å². The highest BCUT2D eigenvalue weighted by atomic mass is 16.5. The molecule has 1 aliphatic carbocycles. The third-order valence-electron chi connectivity index (χ3n) is 4.61. The Kier molecular flexibility index (Phi) is 5.55. The van der Waals surface area contributed by atoms with Gasteiger partial charge in [-0.15, -0.1) is 0 Å². The Balaban J connectivity index is 2.15. The largest absolute Gasteiger partial charge is 0.489 e. The Bertz CT molecular complexity index is 441. The van der Waals surface area contributed by atoms with Gasteiger partial charge in [-0.1, -0.05) is 39.3 Å². The molecule has 1 aromatic carbocycles. The van der Waals surface area contributed by atoms with E-state index < -0.39 is 0 Å². The lowest BCUT2D eigenvalue weighted by molar-refractivity contribution is 0.210. The molecule has 1 aromatic rings. The van der Waals surface area contributed by atoms with Gasteiger partial charge in [0.1, 0.15) is 5.75 Å². The average molecular weight is 289 g/mol. The maximum Gasteiger partial charge on any atom is 0.142 e. The summed E-state index contributed by atoms with van der Waals surface area (Å²) in [6.07, 6.45) is 4.17. The van der Waals surface area contributed by atoms with Crippen LogP contribution in [0.2, 0.25) is 0 Å². The molecule has 1 saturated carbocycles. The molecule has 3 atom stereocenters. The second kappa shape index (κ2) is 7.20. The van der Waals surface area contributed by atoms with Crippen molar-refractivity contribution in [3.8, 4) is 5.75 Å². The molecule has 2 rings (SSSR count). The van der Waals surface area contributed by atoms with Crippen LogP contribution in [0.1, 0.15) is 53.9 Å². The summed E-state index contributed by atoms with van der Waals surface area (Å²) in [5.74, 6) is 3.28. The Morgan fingerprint density at radius 2 is 1.81 bits per heavy atom. The lowest BCUT2D eigenvalue weighted by Crippen LogP contribution is -2.37. The van der Waals surface area contributed by atoms with E-state index in [2.05, 4.69) is 58.1 Å². The molecule has 0 amide bonds. The van der Waals surface area contributed by atoms with E-state index in [1.54, 1.807) is 0 Å². The summed E-state index contributed by atoms with van der Waals surface area (Å²) >= 11 is 0.